The first-order valence-corrected chi connectivity index (χ1v) is 12.8. The number of furan rings is 1. The molecule has 0 radical (unpaired) electrons. The molecule has 7 nitrogen and oxygen atoms in total. The van der Waals surface area contributed by atoms with E-state index >= 15 is 0 Å². The Balaban J connectivity index is 1.11. The molecule has 2 aromatic carbocycles. The highest BCUT2D eigenvalue weighted by Gasteiger charge is 2.17. The van der Waals surface area contributed by atoms with Crippen LogP contribution in [0.5, 0.6) is 0 Å². The number of aromatic nitrogens is 1. The van der Waals surface area contributed by atoms with Crippen LogP contribution in [0.15, 0.2) is 64.4 Å². The van der Waals surface area contributed by atoms with E-state index in [0.717, 1.165) is 42.2 Å². The molecule has 1 aliphatic rings. The molecule has 1 fully saturated rings. The Hall–Kier alpha value is -3.49. The Morgan fingerprint density at radius 1 is 1.09 bits per heavy atom. The summed E-state index contributed by atoms with van der Waals surface area (Å²) in [4.78, 5) is 32.0. The second-order valence-corrected chi connectivity index (χ2v) is 9.99. The van der Waals surface area contributed by atoms with Gasteiger partial charge in [-0.3, -0.25) is 14.5 Å². The number of fused-ring (bicyclic) bond motifs is 1. The van der Waals surface area contributed by atoms with Gasteiger partial charge in [-0.2, -0.15) is 0 Å². The van der Waals surface area contributed by atoms with Gasteiger partial charge in [0.05, 0.1) is 12.1 Å². The van der Waals surface area contributed by atoms with E-state index < -0.39 is 0 Å². The molecule has 2 aromatic heterocycles. The van der Waals surface area contributed by atoms with Gasteiger partial charge in [-0.15, -0.1) is 11.3 Å². The van der Waals surface area contributed by atoms with Gasteiger partial charge >= 0.3 is 0 Å². The van der Waals surface area contributed by atoms with E-state index in [1.165, 1.54) is 24.2 Å². The van der Waals surface area contributed by atoms with Crippen molar-refractivity contribution in [1.82, 2.24) is 9.88 Å². The zero-order valence-electron chi connectivity index (χ0n) is 19.6. The van der Waals surface area contributed by atoms with Gasteiger partial charge in [0.2, 0.25) is 5.91 Å². The van der Waals surface area contributed by atoms with Crippen molar-refractivity contribution in [2.45, 2.75) is 32.7 Å². The number of amides is 2. The van der Waals surface area contributed by atoms with Gasteiger partial charge in [-0.25, -0.2) is 4.98 Å². The average Bonchev–Trinajstić information content (AvgIpc) is 3.48. The molecule has 0 aliphatic carbocycles. The molecule has 180 valence electrons. The largest absolute Gasteiger partial charge is 0.451 e. The number of carbonyl (C=O) groups is 2. The summed E-state index contributed by atoms with van der Waals surface area (Å²) in [6.07, 6.45) is 2.70. The maximum Gasteiger partial charge on any atom is 0.291 e. The Labute approximate surface area is 208 Å². The fourth-order valence-corrected chi connectivity index (χ4v) is 4.95. The molecular weight excluding hydrogens is 460 g/mol. The number of likely N-dealkylation sites (tertiary alicyclic amines) is 1. The molecule has 1 saturated heterocycles. The van der Waals surface area contributed by atoms with Gasteiger partial charge in [-0.1, -0.05) is 37.3 Å². The molecule has 0 atom stereocenters. The van der Waals surface area contributed by atoms with E-state index in [-0.39, 0.29) is 24.0 Å². The Kier molecular flexibility index (Phi) is 6.92. The number of nitrogens with zero attached hydrogens (tertiary/aromatic N) is 2. The van der Waals surface area contributed by atoms with Crippen molar-refractivity contribution in [3.63, 3.8) is 0 Å². The third-order valence-electron chi connectivity index (χ3n) is 6.29. The normalized spacial score (nSPS) is 14.8. The minimum absolute atomic E-state index is 0.114. The summed E-state index contributed by atoms with van der Waals surface area (Å²) in [5.41, 5.74) is 3.16. The predicted molar refractivity (Wildman–Crippen MR) is 139 cm³/mol. The zero-order valence-corrected chi connectivity index (χ0v) is 20.4. The van der Waals surface area contributed by atoms with Gasteiger partial charge in [0.1, 0.15) is 5.58 Å². The molecule has 1 aliphatic heterocycles. The maximum absolute atomic E-state index is 12.5. The van der Waals surface area contributed by atoms with Gasteiger partial charge in [-0.05, 0) is 61.7 Å². The molecule has 35 heavy (non-hydrogen) atoms. The fraction of sp³-hybridized carbons (Fsp3) is 0.296. The second kappa shape index (κ2) is 10.4. The molecule has 2 amide bonds. The summed E-state index contributed by atoms with van der Waals surface area (Å²) in [6, 6.07) is 16.4. The molecule has 0 bridgehead atoms. The van der Waals surface area contributed by atoms with Crippen molar-refractivity contribution in [3.8, 4) is 0 Å². The van der Waals surface area contributed by atoms with E-state index in [1.54, 1.807) is 18.2 Å². The monoisotopic (exact) mass is 488 g/mol. The number of rotatable bonds is 7. The quantitative estimate of drug-likeness (QED) is 0.356. The van der Waals surface area contributed by atoms with Crippen LogP contribution in [-0.2, 0) is 17.8 Å². The molecule has 2 N–H and O–H groups in total. The van der Waals surface area contributed by atoms with Crippen LogP contribution in [0.25, 0.3) is 11.0 Å². The second-order valence-electron chi connectivity index (χ2n) is 9.13. The summed E-state index contributed by atoms with van der Waals surface area (Å²) in [5, 5.41) is 9.27. The number of hydrogen-bond acceptors (Lipinski definition) is 6. The molecule has 0 unspecified atom stereocenters. The molecular formula is C27H28N4O3S. The van der Waals surface area contributed by atoms with Gasteiger partial charge in [0, 0.05) is 23.0 Å². The lowest BCUT2D eigenvalue weighted by atomic mass is 9.99. The SMILES string of the molecule is CC1CCN(Cc2csc(NC(=O)Cc3ccc(NC(=O)c4cc5ccccc5o4)cc3)n2)CC1. The summed E-state index contributed by atoms with van der Waals surface area (Å²) in [6.45, 7) is 5.35. The lowest BCUT2D eigenvalue weighted by Gasteiger charge is -2.29. The standard InChI is InChI=1S/C27H28N4O3S/c1-18-10-12-31(13-11-18)16-22-17-35-27(29-22)30-25(32)14-19-6-8-21(9-7-19)28-26(33)24-15-20-4-2-3-5-23(20)34-24/h2-9,15,17-18H,10-14,16H2,1H3,(H,28,33)(H,29,30,32). The fourth-order valence-electron chi connectivity index (χ4n) is 4.23. The molecule has 5 rings (SSSR count). The highest BCUT2D eigenvalue weighted by atomic mass is 32.1. The lowest BCUT2D eigenvalue weighted by molar-refractivity contribution is -0.115. The molecule has 3 heterocycles. The summed E-state index contributed by atoms with van der Waals surface area (Å²) in [7, 11) is 0. The number of benzene rings is 2. The van der Waals surface area contributed by atoms with Crippen LogP contribution in [0.4, 0.5) is 10.8 Å². The van der Waals surface area contributed by atoms with Crippen LogP contribution >= 0.6 is 11.3 Å². The Bertz CT molecular complexity index is 1290. The van der Waals surface area contributed by atoms with Crippen molar-refractivity contribution in [2.24, 2.45) is 5.92 Å². The molecule has 4 aromatic rings. The number of nitrogens with one attached hydrogen (secondary N) is 2. The highest BCUT2D eigenvalue weighted by molar-refractivity contribution is 7.13. The third-order valence-corrected chi connectivity index (χ3v) is 7.09. The van der Waals surface area contributed by atoms with Crippen LogP contribution in [0.2, 0.25) is 0 Å². The molecule has 8 heteroatoms. The van der Waals surface area contributed by atoms with Crippen molar-refractivity contribution in [1.29, 1.82) is 0 Å². The van der Waals surface area contributed by atoms with Gasteiger partial charge in [0.25, 0.3) is 5.91 Å². The number of anilines is 2. The third kappa shape index (κ3) is 5.96. The average molecular weight is 489 g/mol. The minimum Gasteiger partial charge on any atom is -0.451 e. The molecule has 0 spiro atoms. The van der Waals surface area contributed by atoms with Crippen LogP contribution in [-0.4, -0.2) is 34.8 Å². The maximum atomic E-state index is 12.5. The van der Waals surface area contributed by atoms with Crippen molar-refractivity contribution >= 4 is 44.9 Å². The first-order valence-electron chi connectivity index (χ1n) is 11.9. The smallest absolute Gasteiger partial charge is 0.291 e. The Morgan fingerprint density at radius 3 is 2.63 bits per heavy atom. The number of carbonyl (C=O) groups excluding carboxylic acids is 2. The summed E-state index contributed by atoms with van der Waals surface area (Å²) in [5.74, 6) is 0.632. The van der Waals surface area contributed by atoms with Crippen molar-refractivity contribution in [3.05, 3.63) is 77.0 Å². The predicted octanol–water partition coefficient (Wildman–Crippen LogP) is 5.55. The van der Waals surface area contributed by atoms with Crippen molar-refractivity contribution < 1.29 is 14.0 Å². The van der Waals surface area contributed by atoms with E-state index in [9.17, 15) is 9.59 Å². The lowest BCUT2D eigenvalue weighted by Crippen LogP contribution is -2.32. The topological polar surface area (TPSA) is 87.5 Å². The van der Waals surface area contributed by atoms with Crippen molar-refractivity contribution in [2.75, 3.05) is 23.7 Å². The van der Waals surface area contributed by atoms with Crippen LogP contribution in [0.1, 0.15) is 41.6 Å². The van der Waals surface area contributed by atoms with E-state index in [0.29, 0.717) is 16.4 Å². The number of piperidine rings is 1. The first-order chi connectivity index (χ1) is 17.0. The number of thiazole rings is 1. The van der Waals surface area contributed by atoms with Crippen LogP contribution < -0.4 is 10.6 Å². The highest BCUT2D eigenvalue weighted by Crippen LogP contribution is 2.22. The van der Waals surface area contributed by atoms with Crippen LogP contribution in [0, 0.1) is 5.92 Å². The van der Waals surface area contributed by atoms with Gasteiger partial charge < -0.3 is 15.1 Å². The summed E-state index contributed by atoms with van der Waals surface area (Å²) < 4.78 is 5.61. The first kappa shape index (κ1) is 23.3. The minimum atomic E-state index is -0.315. The number of hydrogen-bond donors (Lipinski definition) is 2. The number of para-hydroxylation sites is 1. The van der Waals surface area contributed by atoms with E-state index in [2.05, 4.69) is 27.4 Å². The zero-order chi connectivity index (χ0) is 24.2. The summed E-state index contributed by atoms with van der Waals surface area (Å²) >= 11 is 1.46. The Morgan fingerprint density at radius 2 is 1.86 bits per heavy atom. The van der Waals surface area contributed by atoms with Gasteiger partial charge in [0.15, 0.2) is 10.9 Å². The van der Waals surface area contributed by atoms with E-state index in [1.807, 2.05) is 41.8 Å². The van der Waals surface area contributed by atoms with E-state index in [4.69, 9.17) is 4.42 Å². The molecule has 0 saturated carbocycles. The van der Waals surface area contributed by atoms with Crippen LogP contribution in [0.3, 0.4) is 0 Å².